The first-order valence-electron chi connectivity index (χ1n) is 9.86. The number of hydrogen-bond acceptors (Lipinski definition) is 1. The van der Waals surface area contributed by atoms with Crippen molar-refractivity contribution in [1.29, 1.82) is 0 Å². The highest BCUT2D eigenvalue weighted by molar-refractivity contribution is 5.33. The lowest BCUT2D eigenvalue weighted by Gasteiger charge is -2.29. The van der Waals surface area contributed by atoms with Crippen LogP contribution in [0.1, 0.15) is 55.6 Å². The quantitative estimate of drug-likeness (QED) is 0.359. The van der Waals surface area contributed by atoms with E-state index >= 15 is 0 Å². The summed E-state index contributed by atoms with van der Waals surface area (Å²) in [5, 5.41) is 0. The summed E-state index contributed by atoms with van der Waals surface area (Å²) in [6.45, 7) is 0. The molecule has 2 saturated carbocycles. The molecule has 0 amide bonds. The summed E-state index contributed by atoms with van der Waals surface area (Å²) in [7, 11) is 0. The van der Waals surface area contributed by atoms with Crippen LogP contribution in [0.3, 0.4) is 0 Å². The van der Waals surface area contributed by atoms with E-state index in [1.807, 2.05) is 0 Å². The van der Waals surface area contributed by atoms with Crippen LogP contribution in [0.25, 0.3) is 0 Å². The predicted molar refractivity (Wildman–Crippen MR) is 94.6 cm³/mol. The zero-order valence-electron chi connectivity index (χ0n) is 15.8. The summed E-state index contributed by atoms with van der Waals surface area (Å²) in [6, 6.07) is 2.08. The van der Waals surface area contributed by atoms with Gasteiger partial charge in [-0.15, -0.1) is 0 Å². The molecule has 30 heavy (non-hydrogen) atoms. The minimum Gasteiger partial charge on any atom is -0.429 e. The molecule has 0 heterocycles. The van der Waals surface area contributed by atoms with Crippen LogP contribution in [-0.4, -0.2) is 0 Å². The average Bonchev–Trinajstić information content (AvgIpc) is 3.50. The molecular formula is C22H19F7O. The fourth-order valence-corrected chi connectivity index (χ4v) is 4.39. The van der Waals surface area contributed by atoms with Gasteiger partial charge in [-0.2, -0.15) is 8.78 Å². The molecule has 0 aromatic heterocycles. The molecule has 2 aromatic rings. The van der Waals surface area contributed by atoms with Gasteiger partial charge in [0.1, 0.15) is 22.9 Å². The third-order valence-corrected chi connectivity index (χ3v) is 6.09. The van der Waals surface area contributed by atoms with Crippen LogP contribution in [-0.2, 0) is 6.11 Å². The van der Waals surface area contributed by atoms with Crippen LogP contribution in [0.4, 0.5) is 30.7 Å². The van der Waals surface area contributed by atoms with Crippen molar-refractivity contribution in [3.05, 3.63) is 64.5 Å². The summed E-state index contributed by atoms with van der Waals surface area (Å²) < 4.78 is 101. The van der Waals surface area contributed by atoms with Gasteiger partial charge in [-0.1, -0.05) is 0 Å². The molecule has 0 radical (unpaired) electrons. The van der Waals surface area contributed by atoms with Crippen molar-refractivity contribution in [3.63, 3.8) is 0 Å². The lowest BCUT2D eigenvalue weighted by Crippen LogP contribution is -2.26. The van der Waals surface area contributed by atoms with E-state index in [9.17, 15) is 30.7 Å². The highest BCUT2D eigenvalue weighted by Crippen LogP contribution is 2.47. The van der Waals surface area contributed by atoms with E-state index in [1.165, 1.54) is 12.8 Å². The maximum atomic E-state index is 14.5. The monoisotopic (exact) mass is 432 g/mol. The van der Waals surface area contributed by atoms with Gasteiger partial charge in [0.2, 0.25) is 0 Å². The lowest BCUT2D eigenvalue weighted by molar-refractivity contribution is -0.189. The second-order valence-electron chi connectivity index (χ2n) is 8.13. The lowest BCUT2D eigenvalue weighted by atomic mass is 9.77. The van der Waals surface area contributed by atoms with Gasteiger partial charge >= 0.3 is 6.11 Å². The van der Waals surface area contributed by atoms with E-state index < -0.39 is 46.5 Å². The molecule has 0 aliphatic heterocycles. The Bertz CT molecular complexity index is 900. The van der Waals surface area contributed by atoms with Gasteiger partial charge in [0, 0.05) is 12.1 Å². The Kier molecular flexibility index (Phi) is 5.45. The Morgan fingerprint density at radius 2 is 1.13 bits per heavy atom. The number of benzene rings is 2. The third kappa shape index (κ3) is 4.14. The van der Waals surface area contributed by atoms with Gasteiger partial charge in [-0.25, -0.2) is 22.0 Å². The minimum absolute atomic E-state index is 0.118. The first-order chi connectivity index (χ1) is 14.2. The maximum absolute atomic E-state index is 14.5. The molecule has 2 aliphatic rings. The topological polar surface area (TPSA) is 9.23 Å². The van der Waals surface area contributed by atoms with E-state index in [-0.39, 0.29) is 18.1 Å². The molecule has 8 heteroatoms. The minimum atomic E-state index is -4.56. The Morgan fingerprint density at radius 3 is 1.60 bits per heavy atom. The fraction of sp³-hybridized carbons (Fsp3) is 0.455. The summed E-state index contributed by atoms with van der Waals surface area (Å²) in [6.07, 6.45) is 1.25. The molecule has 2 aromatic carbocycles. The molecule has 0 spiro atoms. The highest BCUT2D eigenvalue weighted by Gasteiger charge is 2.42. The second kappa shape index (κ2) is 7.78. The Morgan fingerprint density at radius 1 is 0.667 bits per heavy atom. The molecule has 2 fully saturated rings. The molecule has 162 valence electrons. The van der Waals surface area contributed by atoms with Crippen LogP contribution in [0.5, 0.6) is 5.75 Å². The van der Waals surface area contributed by atoms with Crippen LogP contribution < -0.4 is 4.74 Å². The number of alkyl halides is 2. The van der Waals surface area contributed by atoms with Crippen molar-refractivity contribution in [2.24, 2.45) is 11.8 Å². The van der Waals surface area contributed by atoms with Gasteiger partial charge in [-0.05, 0) is 74.0 Å². The average molecular weight is 432 g/mol. The molecule has 0 atom stereocenters. The summed E-state index contributed by atoms with van der Waals surface area (Å²) >= 11 is 0. The Hall–Kier alpha value is -2.25. The molecule has 0 unspecified atom stereocenters. The molecule has 0 N–H and O–H groups in total. The van der Waals surface area contributed by atoms with Gasteiger partial charge in [0.25, 0.3) is 0 Å². The zero-order valence-corrected chi connectivity index (χ0v) is 15.8. The molecule has 1 nitrogen and oxygen atoms in total. The van der Waals surface area contributed by atoms with Crippen molar-refractivity contribution >= 4 is 0 Å². The van der Waals surface area contributed by atoms with Gasteiger partial charge in [0.05, 0.1) is 0 Å². The Balaban J connectivity index is 1.55. The van der Waals surface area contributed by atoms with Crippen LogP contribution >= 0.6 is 0 Å². The Labute approximate surface area is 168 Å². The SMILES string of the molecule is Fc1cc(OC(F)(F)c2c(F)cc(C3CCC(C4CC4)CC3)cc2F)cc(F)c1F. The van der Waals surface area contributed by atoms with Crippen LogP contribution in [0, 0.1) is 40.9 Å². The van der Waals surface area contributed by atoms with Gasteiger partial charge in [-0.3, -0.25) is 0 Å². The van der Waals surface area contributed by atoms with Gasteiger partial charge in [0.15, 0.2) is 17.5 Å². The fourth-order valence-electron chi connectivity index (χ4n) is 4.39. The summed E-state index contributed by atoms with van der Waals surface area (Å²) in [5.41, 5.74) is -1.36. The largest absolute Gasteiger partial charge is 0.432 e. The standard InChI is InChI=1S/C22H19F7O/c23-16-7-14(13-5-3-12(4-6-13)11-1-2-11)8-17(24)20(16)22(28,29)30-15-9-18(25)21(27)19(26)10-15/h7-13H,1-6H2. The van der Waals surface area contributed by atoms with Crippen molar-refractivity contribution < 1.29 is 35.5 Å². The van der Waals surface area contributed by atoms with E-state index in [2.05, 4.69) is 4.74 Å². The third-order valence-electron chi connectivity index (χ3n) is 6.09. The maximum Gasteiger partial charge on any atom is 0.432 e. The zero-order chi connectivity index (χ0) is 21.6. The highest BCUT2D eigenvalue weighted by atomic mass is 19.3. The molecule has 4 rings (SSSR count). The first kappa shape index (κ1) is 21.0. The van der Waals surface area contributed by atoms with Crippen molar-refractivity contribution in [2.45, 2.75) is 50.6 Å². The van der Waals surface area contributed by atoms with Crippen LogP contribution in [0.15, 0.2) is 24.3 Å². The molecule has 2 aliphatic carbocycles. The first-order valence-corrected chi connectivity index (χ1v) is 9.86. The predicted octanol–water partition coefficient (Wildman–Crippen LogP) is 7.19. The van der Waals surface area contributed by atoms with E-state index in [4.69, 9.17) is 0 Å². The number of ether oxygens (including phenoxy) is 1. The van der Waals surface area contributed by atoms with Crippen molar-refractivity contribution in [2.75, 3.05) is 0 Å². The summed E-state index contributed by atoms with van der Waals surface area (Å²) in [5.74, 6) is -8.26. The van der Waals surface area contributed by atoms with E-state index in [0.717, 1.165) is 43.7 Å². The molecular weight excluding hydrogens is 413 g/mol. The van der Waals surface area contributed by atoms with E-state index in [0.29, 0.717) is 11.5 Å². The van der Waals surface area contributed by atoms with Crippen molar-refractivity contribution in [1.82, 2.24) is 0 Å². The normalized spacial score (nSPS) is 22.2. The number of rotatable bonds is 5. The molecule has 0 saturated heterocycles. The van der Waals surface area contributed by atoms with Crippen molar-refractivity contribution in [3.8, 4) is 5.75 Å². The molecule has 0 bridgehead atoms. The number of halogens is 7. The van der Waals surface area contributed by atoms with Gasteiger partial charge < -0.3 is 4.74 Å². The summed E-state index contributed by atoms with van der Waals surface area (Å²) in [4.78, 5) is 0. The van der Waals surface area contributed by atoms with Crippen LogP contribution in [0.2, 0.25) is 0 Å². The smallest absolute Gasteiger partial charge is 0.429 e. The number of hydrogen-bond donors (Lipinski definition) is 0. The van der Waals surface area contributed by atoms with E-state index in [1.54, 1.807) is 0 Å². The second-order valence-corrected chi connectivity index (χ2v) is 8.13.